The van der Waals surface area contributed by atoms with Crippen molar-refractivity contribution in [1.29, 1.82) is 0 Å². The lowest BCUT2D eigenvalue weighted by Gasteiger charge is -2.27. The van der Waals surface area contributed by atoms with Crippen molar-refractivity contribution < 1.29 is 9.53 Å². The van der Waals surface area contributed by atoms with E-state index in [1.807, 2.05) is 24.4 Å². The van der Waals surface area contributed by atoms with Gasteiger partial charge in [-0.25, -0.2) is 0 Å². The van der Waals surface area contributed by atoms with E-state index >= 15 is 0 Å². The predicted octanol–water partition coefficient (Wildman–Crippen LogP) is 3.26. The van der Waals surface area contributed by atoms with Crippen LogP contribution in [-0.2, 0) is 16.1 Å². The molecule has 2 aromatic heterocycles. The first-order chi connectivity index (χ1) is 14.7. The summed E-state index contributed by atoms with van der Waals surface area (Å²) in [5, 5.41) is 9.73. The molecule has 1 saturated heterocycles. The Morgan fingerprint density at radius 3 is 2.90 bits per heavy atom. The van der Waals surface area contributed by atoms with E-state index in [1.165, 1.54) is 11.6 Å². The second-order valence-corrected chi connectivity index (χ2v) is 7.30. The Hall–Kier alpha value is -3.29. The van der Waals surface area contributed by atoms with E-state index in [2.05, 4.69) is 38.4 Å². The number of aromatic nitrogens is 3. The van der Waals surface area contributed by atoms with Crippen LogP contribution in [0.1, 0.15) is 16.7 Å². The summed E-state index contributed by atoms with van der Waals surface area (Å²) in [5.41, 5.74) is 5.98. The molecule has 2 N–H and O–H groups in total. The maximum Gasteiger partial charge on any atom is 0.248 e. The Kier molecular flexibility index (Phi) is 6.32. The third-order valence-corrected chi connectivity index (χ3v) is 5.18. The van der Waals surface area contributed by atoms with Crippen molar-refractivity contribution in [1.82, 2.24) is 20.1 Å². The molecule has 3 aromatic rings. The molecule has 4 rings (SSSR count). The number of nitrogens with one attached hydrogen (secondary N) is 2. The fourth-order valence-corrected chi connectivity index (χ4v) is 3.50. The van der Waals surface area contributed by atoms with E-state index in [0.717, 1.165) is 60.8 Å². The number of nitrogens with zero attached hydrogens (tertiary/aromatic N) is 3. The molecule has 0 radical (unpaired) electrons. The van der Waals surface area contributed by atoms with Gasteiger partial charge in [0.15, 0.2) is 0 Å². The fraction of sp³-hybridized carbons (Fsp3) is 0.261. The first kappa shape index (κ1) is 20.0. The highest BCUT2D eigenvalue weighted by molar-refractivity contribution is 6.02. The van der Waals surface area contributed by atoms with Gasteiger partial charge in [0.2, 0.25) is 5.91 Å². The molecule has 0 bridgehead atoms. The Balaban J connectivity index is 1.40. The van der Waals surface area contributed by atoms with E-state index < -0.39 is 0 Å². The highest BCUT2D eigenvalue weighted by atomic mass is 16.5. The minimum Gasteiger partial charge on any atom is -0.379 e. The van der Waals surface area contributed by atoms with Crippen molar-refractivity contribution in [2.24, 2.45) is 0 Å². The average Bonchev–Trinajstić information content (AvgIpc) is 3.30. The van der Waals surface area contributed by atoms with E-state index in [4.69, 9.17) is 4.74 Å². The van der Waals surface area contributed by atoms with Crippen LogP contribution < -0.4 is 5.32 Å². The Bertz CT molecular complexity index is 1020. The van der Waals surface area contributed by atoms with Gasteiger partial charge in [-0.1, -0.05) is 6.07 Å². The van der Waals surface area contributed by atoms with Gasteiger partial charge < -0.3 is 10.1 Å². The molecule has 7 nitrogen and oxygen atoms in total. The molecule has 154 valence electrons. The summed E-state index contributed by atoms with van der Waals surface area (Å²) in [4.78, 5) is 19.0. The third kappa shape index (κ3) is 5.00. The topological polar surface area (TPSA) is 83.1 Å². The largest absolute Gasteiger partial charge is 0.379 e. The highest BCUT2D eigenvalue weighted by Gasteiger charge is 2.12. The second-order valence-electron chi connectivity index (χ2n) is 7.30. The zero-order chi connectivity index (χ0) is 20.8. The normalized spacial score (nSPS) is 14.8. The summed E-state index contributed by atoms with van der Waals surface area (Å²) in [6, 6.07) is 7.96. The molecule has 0 saturated carbocycles. The van der Waals surface area contributed by atoms with Crippen LogP contribution in [0.25, 0.3) is 17.2 Å². The third-order valence-electron chi connectivity index (χ3n) is 5.18. The summed E-state index contributed by atoms with van der Waals surface area (Å²) in [6.07, 6.45) is 10.3. The van der Waals surface area contributed by atoms with Crippen LogP contribution >= 0.6 is 0 Å². The number of hydrogen-bond donors (Lipinski definition) is 2. The Morgan fingerprint density at radius 1 is 1.27 bits per heavy atom. The number of aryl methyl sites for hydroxylation is 1. The first-order valence-corrected chi connectivity index (χ1v) is 10.0. The average molecular weight is 403 g/mol. The van der Waals surface area contributed by atoms with Gasteiger partial charge in [-0.2, -0.15) is 5.10 Å². The van der Waals surface area contributed by atoms with Gasteiger partial charge in [-0.15, -0.1) is 0 Å². The van der Waals surface area contributed by atoms with E-state index in [-0.39, 0.29) is 5.91 Å². The second kappa shape index (κ2) is 9.47. The number of anilines is 1. The zero-order valence-electron chi connectivity index (χ0n) is 17.0. The van der Waals surface area contributed by atoms with Crippen LogP contribution in [0.2, 0.25) is 0 Å². The minimum atomic E-state index is -0.183. The molecule has 1 aromatic carbocycles. The SMILES string of the molecule is Cc1cc(NC(=O)C=Cc2cnccc2-c2cn[nH]c2)ccc1CN1CCOCC1. The van der Waals surface area contributed by atoms with Crippen molar-refractivity contribution in [2.45, 2.75) is 13.5 Å². The number of morpholine rings is 1. The number of benzene rings is 1. The quantitative estimate of drug-likeness (QED) is 0.617. The Morgan fingerprint density at radius 2 is 2.13 bits per heavy atom. The number of ether oxygens (including phenoxy) is 1. The summed E-state index contributed by atoms with van der Waals surface area (Å²) < 4.78 is 5.41. The zero-order valence-corrected chi connectivity index (χ0v) is 17.0. The van der Waals surface area contributed by atoms with Gasteiger partial charge >= 0.3 is 0 Å². The molecule has 0 spiro atoms. The molecule has 0 atom stereocenters. The van der Waals surface area contributed by atoms with Crippen LogP contribution in [-0.4, -0.2) is 52.3 Å². The number of rotatable bonds is 6. The first-order valence-electron chi connectivity index (χ1n) is 10.0. The molecule has 30 heavy (non-hydrogen) atoms. The number of pyridine rings is 1. The van der Waals surface area contributed by atoms with E-state index in [1.54, 1.807) is 24.7 Å². The molecule has 0 unspecified atom stereocenters. The van der Waals surface area contributed by atoms with E-state index in [9.17, 15) is 4.79 Å². The van der Waals surface area contributed by atoms with Gasteiger partial charge in [-0.3, -0.25) is 19.8 Å². The number of H-pyrrole nitrogens is 1. The standard InChI is InChI=1S/C23H25N5O2/c1-17-12-21(4-2-19(17)16-28-8-10-30-11-9-28)27-23(29)5-3-18-13-24-7-6-22(18)20-14-25-26-15-20/h2-7,12-15H,8-11,16H2,1H3,(H,25,26)(H,27,29). The fourth-order valence-electron chi connectivity index (χ4n) is 3.50. The molecule has 3 heterocycles. The van der Waals surface area contributed by atoms with Crippen LogP contribution in [0.3, 0.4) is 0 Å². The lowest BCUT2D eigenvalue weighted by Crippen LogP contribution is -2.35. The van der Waals surface area contributed by atoms with Crippen LogP contribution in [0.15, 0.2) is 55.1 Å². The predicted molar refractivity (Wildman–Crippen MR) is 117 cm³/mol. The molecule has 0 aliphatic carbocycles. The van der Waals surface area contributed by atoms with Crippen molar-refractivity contribution in [3.05, 3.63) is 71.8 Å². The maximum atomic E-state index is 12.4. The minimum absolute atomic E-state index is 0.183. The molecule has 1 aliphatic heterocycles. The van der Waals surface area contributed by atoms with Crippen molar-refractivity contribution in [3.63, 3.8) is 0 Å². The monoisotopic (exact) mass is 403 g/mol. The summed E-state index contributed by atoms with van der Waals surface area (Å²) in [7, 11) is 0. The molecular weight excluding hydrogens is 378 g/mol. The summed E-state index contributed by atoms with van der Waals surface area (Å²) in [6.45, 7) is 6.47. The molecule has 7 heteroatoms. The number of amides is 1. The van der Waals surface area contributed by atoms with Crippen molar-refractivity contribution in [3.8, 4) is 11.1 Å². The lowest BCUT2D eigenvalue weighted by atomic mass is 10.0. The van der Waals surface area contributed by atoms with Crippen molar-refractivity contribution in [2.75, 3.05) is 31.6 Å². The number of aromatic amines is 1. The lowest BCUT2D eigenvalue weighted by molar-refractivity contribution is -0.111. The van der Waals surface area contributed by atoms with Crippen LogP contribution in [0.5, 0.6) is 0 Å². The van der Waals surface area contributed by atoms with Crippen LogP contribution in [0.4, 0.5) is 5.69 Å². The van der Waals surface area contributed by atoms with Gasteiger partial charge in [0.1, 0.15) is 0 Å². The summed E-state index contributed by atoms with van der Waals surface area (Å²) in [5.74, 6) is -0.183. The number of carbonyl (C=O) groups excluding carboxylic acids is 1. The summed E-state index contributed by atoms with van der Waals surface area (Å²) >= 11 is 0. The van der Waals surface area contributed by atoms with Gasteiger partial charge in [0.05, 0.1) is 19.4 Å². The number of carbonyl (C=O) groups is 1. The molecule has 1 fully saturated rings. The van der Waals surface area contributed by atoms with Gasteiger partial charge in [0, 0.05) is 61.1 Å². The number of hydrogen-bond acceptors (Lipinski definition) is 5. The molecule has 1 aliphatic rings. The highest BCUT2D eigenvalue weighted by Crippen LogP contribution is 2.23. The molecule has 1 amide bonds. The van der Waals surface area contributed by atoms with Gasteiger partial charge in [0.25, 0.3) is 0 Å². The van der Waals surface area contributed by atoms with Gasteiger partial charge in [-0.05, 0) is 47.9 Å². The maximum absolute atomic E-state index is 12.4. The molecular formula is C23H25N5O2. The smallest absolute Gasteiger partial charge is 0.248 e. The Labute approximate surface area is 175 Å². The van der Waals surface area contributed by atoms with E-state index in [0.29, 0.717) is 0 Å². The van der Waals surface area contributed by atoms with Crippen molar-refractivity contribution >= 4 is 17.7 Å². The van der Waals surface area contributed by atoms with Crippen LogP contribution in [0, 0.1) is 6.92 Å².